The molecule has 2 amide bonds. The van der Waals surface area contributed by atoms with E-state index in [0.29, 0.717) is 12.0 Å². The molecule has 2 unspecified atom stereocenters. The minimum atomic E-state index is -3.31. The monoisotopic (exact) mass is 438 g/mol. The van der Waals surface area contributed by atoms with Gasteiger partial charge in [0.1, 0.15) is 10.8 Å². The third-order valence-corrected chi connectivity index (χ3v) is 8.02. The fourth-order valence-electron chi connectivity index (χ4n) is 4.25. The summed E-state index contributed by atoms with van der Waals surface area (Å²) in [5.74, 6) is -0.914. The molecular weight excluding hydrogens is 408 g/mol. The molecule has 0 aromatic heterocycles. The van der Waals surface area contributed by atoms with Gasteiger partial charge >= 0.3 is 5.97 Å². The van der Waals surface area contributed by atoms with Crippen LogP contribution in [-0.4, -0.2) is 48.9 Å². The van der Waals surface area contributed by atoms with Gasteiger partial charge in [-0.05, 0) is 45.2 Å². The van der Waals surface area contributed by atoms with Gasteiger partial charge in [0.05, 0.1) is 18.6 Å². The third kappa shape index (κ3) is 4.06. The van der Waals surface area contributed by atoms with Crippen molar-refractivity contribution in [2.24, 2.45) is 0 Å². The van der Waals surface area contributed by atoms with E-state index >= 15 is 0 Å². The van der Waals surface area contributed by atoms with Crippen LogP contribution in [0.15, 0.2) is 24.3 Å². The fraction of sp³-hybridized carbons (Fsp3) is 0.571. The summed E-state index contributed by atoms with van der Waals surface area (Å²) in [4.78, 5) is 36.8. The number of carbonyl (C=O) groups excluding carboxylic acids is 3. The minimum absolute atomic E-state index is 0.0295. The Morgan fingerprint density at radius 3 is 2.37 bits per heavy atom. The van der Waals surface area contributed by atoms with Crippen LogP contribution in [0.1, 0.15) is 63.3 Å². The number of benzene rings is 1. The predicted molar refractivity (Wildman–Crippen MR) is 114 cm³/mol. The summed E-state index contributed by atoms with van der Waals surface area (Å²) >= 11 is 0. The molecule has 0 radical (unpaired) electrons. The van der Waals surface area contributed by atoms with Crippen molar-refractivity contribution in [2.45, 2.75) is 69.7 Å². The quantitative estimate of drug-likeness (QED) is 0.608. The predicted octanol–water partition coefficient (Wildman–Crippen LogP) is 3.18. The average molecular weight is 439 g/mol. The zero-order valence-corrected chi connectivity index (χ0v) is 18.6. The van der Waals surface area contributed by atoms with Gasteiger partial charge in [0.2, 0.25) is 11.8 Å². The molecule has 1 aromatic carbocycles. The fourth-order valence-corrected chi connectivity index (χ4v) is 6.58. The largest absolute Gasteiger partial charge is 0.464 e. The van der Waals surface area contributed by atoms with Gasteiger partial charge in [-0.15, -0.1) is 10.8 Å². The van der Waals surface area contributed by atoms with Crippen LogP contribution in [0, 0.1) is 0 Å². The van der Waals surface area contributed by atoms with Crippen LogP contribution in [0.5, 0.6) is 0 Å². The van der Waals surface area contributed by atoms with Crippen molar-refractivity contribution >= 4 is 28.6 Å². The molecule has 2 heterocycles. The number of esters is 1. The van der Waals surface area contributed by atoms with Crippen molar-refractivity contribution in [1.82, 2.24) is 9.62 Å². The molecular formula is C21H30N2O6S. The zero-order chi connectivity index (χ0) is 22.3. The summed E-state index contributed by atoms with van der Waals surface area (Å²) in [6.45, 7) is 7.27. The number of amides is 2. The average Bonchev–Trinajstić information content (AvgIpc) is 3.12. The lowest BCUT2D eigenvalue weighted by molar-refractivity contribution is -0.151. The highest BCUT2D eigenvalue weighted by Gasteiger charge is 2.50. The van der Waals surface area contributed by atoms with Gasteiger partial charge in [0.15, 0.2) is 0 Å². The lowest BCUT2D eigenvalue weighted by Crippen LogP contribution is -2.51. The highest BCUT2D eigenvalue weighted by molar-refractivity contribution is 8.23. The van der Waals surface area contributed by atoms with Gasteiger partial charge in [0, 0.05) is 12.8 Å². The molecule has 1 aromatic rings. The first-order valence-electron chi connectivity index (χ1n) is 10.1. The number of hydrogen-bond donors (Lipinski definition) is 3. The van der Waals surface area contributed by atoms with Crippen molar-refractivity contribution < 1.29 is 28.2 Å². The molecule has 9 heteroatoms. The minimum Gasteiger partial charge on any atom is -0.464 e. The molecule has 2 atom stereocenters. The van der Waals surface area contributed by atoms with Crippen LogP contribution in [0.2, 0.25) is 0 Å². The standard InChI is InChI=1S/C21H30N2O6S/c1-5-29-19(26)21(11-10-17(24)22-21)13-14-6-8-15(9-7-14)16-12-18(25)23(20(2,3)4)30(16,27)28/h6-9,16,27-28H,5,10-13H2,1-4H3,(H,22,24). The molecule has 3 rings (SSSR count). The maximum atomic E-state index is 12.5. The smallest absolute Gasteiger partial charge is 0.332 e. The van der Waals surface area contributed by atoms with Crippen LogP contribution in [0.4, 0.5) is 0 Å². The Hall–Kier alpha value is -2.10. The van der Waals surface area contributed by atoms with Crippen LogP contribution >= 0.6 is 10.8 Å². The third-order valence-electron chi connectivity index (χ3n) is 5.53. The number of nitrogens with zero attached hydrogens (tertiary/aromatic N) is 1. The maximum absolute atomic E-state index is 12.5. The molecule has 3 N–H and O–H groups in total. The molecule has 0 spiro atoms. The summed E-state index contributed by atoms with van der Waals surface area (Å²) in [7, 11) is -3.31. The van der Waals surface area contributed by atoms with E-state index in [1.807, 2.05) is 0 Å². The lowest BCUT2D eigenvalue weighted by atomic mass is 9.89. The Morgan fingerprint density at radius 2 is 1.90 bits per heavy atom. The first kappa shape index (κ1) is 22.6. The summed E-state index contributed by atoms with van der Waals surface area (Å²) in [5, 5.41) is 2.07. The summed E-state index contributed by atoms with van der Waals surface area (Å²) in [5.41, 5.74) is -0.316. The van der Waals surface area contributed by atoms with E-state index in [9.17, 15) is 23.5 Å². The van der Waals surface area contributed by atoms with Crippen LogP contribution in [0.3, 0.4) is 0 Å². The first-order valence-corrected chi connectivity index (χ1v) is 11.6. The molecule has 2 aliphatic rings. The highest BCUT2D eigenvalue weighted by atomic mass is 32.3. The molecule has 166 valence electrons. The molecule has 0 aliphatic carbocycles. The van der Waals surface area contributed by atoms with Crippen molar-refractivity contribution in [3.05, 3.63) is 35.4 Å². The van der Waals surface area contributed by atoms with E-state index in [2.05, 4.69) is 5.32 Å². The molecule has 8 nitrogen and oxygen atoms in total. The summed E-state index contributed by atoms with van der Waals surface area (Å²) < 4.78 is 28.0. The second kappa shape index (κ2) is 7.86. The Morgan fingerprint density at radius 1 is 1.27 bits per heavy atom. The number of carbonyl (C=O) groups is 3. The Bertz CT molecular complexity index is 848. The van der Waals surface area contributed by atoms with E-state index in [1.165, 1.54) is 4.31 Å². The first-order chi connectivity index (χ1) is 13.9. The second-order valence-corrected chi connectivity index (χ2v) is 10.9. The van der Waals surface area contributed by atoms with Crippen molar-refractivity contribution in [3.63, 3.8) is 0 Å². The van der Waals surface area contributed by atoms with E-state index in [4.69, 9.17) is 4.74 Å². The van der Waals surface area contributed by atoms with Crippen molar-refractivity contribution in [1.29, 1.82) is 0 Å². The van der Waals surface area contributed by atoms with Crippen LogP contribution < -0.4 is 5.32 Å². The summed E-state index contributed by atoms with van der Waals surface area (Å²) in [6.07, 6.45) is 0.947. The molecule has 2 saturated heterocycles. The number of rotatable bonds is 5. The second-order valence-electron chi connectivity index (χ2n) is 8.88. The van der Waals surface area contributed by atoms with Gasteiger partial charge in [-0.25, -0.2) is 9.10 Å². The van der Waals surface area contributed by atoms with Gasteiger partial charge in [0.25, 0.3) is 0 Å². The molecule has 30 heavy (non-hydrogen) atoms. The topological polar surface area (TPSA) is 116 Å². The highest BCUT2D eigenvalue weighted by Crippen LogP contribution is 2.65. The zero-order valence-electron chi connectivity index (χ0n) is 17.8. The van der Waals surface area contributed by atoms with Gasteiger partial charge in [-0.3, -0.25) is 18.7 Å². The summed E-state index contributed by atoms with van der Waals surface area (Å²) in [6, 6.07) is 7.09. The normalized spacial score (nSPS) is 27.1. The number of ether oxygens (including phenoxy) is 1. The maximum Gasteiger partial charge on any atom is 0.332 e. The Labute approximate surface area is 178 Å². The van der Waals surface area contributed by atoms with Gasteiger partial charge in [-0.1, -0.05) is 24.3 Å². The van der Waals surface area contributed by atoms with Crippen molar-refractivity contribution in [2.75, 3.05) is 6.61 Å². The van der Waals surface area contributed by atoms with Crippen LogP contribution in [0.25, 0.3) is 0 Å². The number of nitrogens with one attached hydrogen (secondary N) is 1. The lowest BCUT2D eigenvalue weighted by Gasteiger charge is -2.47. The van der Waals surface area contributed by atoms with Crippen molar-refractivity contribution in [3.8, 4) is 0 Å². The molecule has 2 aliphatic heterocycles. The van der Waals surface area contributed by atoms with Crippen LogP contribution in [-0.2, 0) is 25.5 Å². The molecule has 2 fully saturated rings. The van der Waals surface area contributed by atoms with E-state index < -0.39 is 33.1 Å². The van der Waals surface area contributed by atoms with E-state index in [-0.39, 0.29) is 37.7 Å². The van der Waals surface area contributed by atoms with E-state index in [0.717, 1.165) is 5.56 Å². The Balaban J connectivity index is 1.82. The molecule has 0 saturated carbocycles. The van der Waals surface area contributed by atoms with E-state index in [1.54, 1.807) is 52.0 Å². The van der Waals surface area contributed by atoms with Gasteiger partial charge in [-0.2, -0.15) is 0 Å². The molecule has 0 bridgehead atoms. The SMILES string of the molecule is CCOC(=O)C1(Cc2ccc(C3CC(=O)N(C(C)(C)C)S3(O)O)cc2)CCC(=O)N1. The number of hydrogen-bond acceptors (Lipinski definition) is 6. The Kier molecular flexibility index (Phi) is 5.92. The van der Waals surface area contributed by atoms with Gasteiger partial charge < -0.3 is 10.1 Å².